The van der Waals surface area contributed by atoms with Crippen LogP contribution in [0.15, 0.2) is 0 Å². The number of nitrogens with one attached hydrogen (secondary N) is 1. The molecule has 3 N–H and O–H groups in total. The van der Waals surface area contributed by atoms with Crippen LogP contribution in [0.3, 0.4) is 0 Å². The van der Waals surface area contributed by atoms with Crippen molar-refractivity contribution in [2.45, 2.75) is 31.8 Å². The standard InChI is InChI=1S/C9H15N5O/c1-6-11-7(13-12-6)5-14(2)8(15)9(10)3-4-9/h3-5,10H2,1-2H3,(H,11,12,13). The maximum absolute atomic E-state index is 11.8. The first-order valence-electron chi connectivity index (χ1n) is 4.93. The van der Waals surface area contributed by atoms with Crippen molar-refractivity contribution in [3.05, 3.63) is 11.6 Å². The molecule has 82 valence electrons. The monoisotopic (exact) mass is 209 g/mol. The van der Waals surface area contributed by atoms with E-state index in [9.17, 15) is 4.79 Å². The van der Waals surface area contributed by atoms with Gasteiger partial charge in [0.05, 0.1) is 12.1 Å². The summed E-state index contributed by atoms with van der Waals surface area (Å²) in [5.74, 6) is 1.34. The number of H-pyrrole nitrogens is 1. The van der Waals surface area contributed by atoms with Crippen LogP contribution < -0.4 is 5.73 Å². The maximum Gasteiger partial charge on any atom is 0.242 e. The summed E-state index contributed by atoms with van der Waals surface area (Å²) in [7, 11) is 1.72. The van der Waals surface area contributed by atoms with Gasteiger partial charge in [0.2, 0.25) is 5.91 Å². The summed E-state index contributed by atoms with van der Waals surface area (Å²) in [5, 5.41) is 6.71. The summed E-state index contributed by atoms with van der Waals surface area (Å²) in [4.78, 5) is 17.5. The molecule has 0 radical (unpaired) electrons. The summed E-state index contributed by atoms with van der Waals surface area (Å²) in [6.07, 6.45) is 1.56. The van der Waals surface area contributed by atoms with Gasteiger partial charge in [-0.15, -0.1) is 0 Å². The third kappa shape index (κ3) is 1.99. The Labute approximate surface area is 87.9 Å². The van der Waals surface area contributed by atoms with Crippen LogP contribution in [-0.4, -0.2) is 38.6 Å². The van der Waals surface area contributed by atoms with E-state index in [4.69, 9.17) is 5.73 Å². The van der Waals surface area contributed by atoms with E-state index in [-0.39, 0.29) is 5.91 Å². The fourth-order valence-corrected chi connectivity index (χ4v) is 1.47. The number of hydrogen-bond acceptors (Lipinski definition) is 4. The number of likely N-dealkylation sites (N-methyl/N-ethyl adjacent to an activating group) is 1. The Hall–Kier alpha value is -1.43. The van der Waals surface area contributed by atoms with Gasteiger partial charge >= 0.3 is 0 Å². The first-order chi connectivity index (χ1) is 7.01. The SMILES string of the molecule is Cc1nc(CN(C)C(=O)C2(N)CC2)n[nH]1. The molecule has 6 nitrogen and oxygen atoms in total. The lowest BCUT2D eigenvalue weighted by Gasteiger charge is -2.19. The van der Waals surface area contributed by atoms with Crippen LogP contribution in [0.25, 0.3) is 0 Å². The molecule has 1 aromatic rings. The number of nitrogens with zero attached hydrogens (tertiary/aromatic N) is 3. The molecule has 1 aliphatic rings. The zero-order valence-electron chi connectivity index (χ0n) is 8.95. The minimum atomic E-state index is -0.611. The highest BCUT2D eigenvalue weighted by Crippen LogP contribution is 2.33. The Bertz CT molecular complexity index is 382. The van der Waals surface area contributed by atoms with Crippen LogP contribution in [0.2, 0.25) is 0 Å². The van der Waals surface area contributed by atoms with Crippen molar-refractivity contribution in [2.75, 3.05) is 7.05 Å². The quantitative estimate of drug-likeness (QED) is 0.706. The fourth-order valence-electron chi connectivity index (χ4n) is 1.47. The molecule has 1 heterocycles. The van der Waals surface area contributed by atoms with Crippen molar-refractivity contribution < 1.29 is 4.79 Å². The second-order valence-electron chi connectivity index (χ2n) is 4.15. The lowest BCUT2D eigenvalue weighted by atomic mass is 10.2. The molecule has 0 atom stereocenters. The number of aromatic nitrogens is 3. The number of amides is 1. The highest BCUT2D eigenvalue weighted by Gasteiger charge is 2.47. The van der Waals surface area contributed by atoms with E-state index < -0.39 is 5.54 Å². The maximum atomic E-state index is 11.8. The number of aryl methyl sites for hydroxylation is 1. The molecule has 0 saturated heterocycles. The predicted octanol–water partition coefficient (Wildman–Crippen LogP) is -0.437. The Morgan fingerprint density at radius 1 is 1.67 bits per heavy atom. The average molecular weight is 209 g/mol. The van der Waals surface area contributed by atoms with Crippen molar-refractivity contribution in [3.8, 4) is 0 Å². The lowest BCUT2D eigenvalue weighted by Crippen LogP contribution is -2.43. The first kappa shape index (κ1) is 10.1. The fraction of sp³-hybridized carbons (Fsp3) is 0.667. The van der Waals surface area contributed by atoms with Crippen LogP contribution in [0.5, 0.6) is 0 Å². The lowest BCUT2D eigenvalue weighted by molar-refractivity contribution is -0.132. The topological polar surface area (TPSA) is 87.9 Å². The molecule has 15 heavy (non-hydrogen) atoms. The zero-order chi connectivity index (χ0) is 11.1. The van der Waals surface area contributed by atoms with E-state index in [0.29, 0.717) is 12.4 Å². The summed E-state index contributed by atoms with van der Waals surface area (Å²) in [6, 6.07) is 0. The molecule has 2 rings (SSSR count). The molecule has 0 bridgehead atoms. The molecule has 1 fully saturated rings. The Morgan fingerprint density at radius 2 is 2.33 bits per heavy atom. The van der Waals surface area contributed by atoms with Gasteiger partial charge in [-0.25, -0.2) is 4.98 Å². The summed E-state index contributed by atoms with van der Waals surface area (Å²) < 4.78 is 0. The van der Waals surface area contributed by atoms with Crippen LogP contribution in [0.4, 0.5) is 0 Å². The van der Waals surface area contributed by atoms with Gasteiger partial charge < -0.3 is 10.6 Å². The molecular weight excluding hydrogens is 194 g/mol. The molecule has 6 heteroatoms. The highest BCUT2D eigenvalue weighted by atomic mass is 16.2. The normalized spacial score (nSPS) is 17.5. The largest absolute Gasteiger partial charge is 0.337 e. The smallest absolute Gasteiger partial charge is 0.242 e. The zero-order valence-corrected chi connectivity index (χ0v) is 8.95. The first-order valence-corrected chi connectivity index (χ1v) is 4.93. The van der Waals surface area contributed by atoms with Gasteiger partial charge in [-0.1, -0.05) is 0 Å². The van der Waals surface area contributed by atoms with E-state index in [1.54, 1.807) is 11.9 Å². The molecule has 0 aliphatic heterocycles. The van der Waals surface area contributed by atoms with Gasteiger partial charge in [-0.05, 0) is 19.8 Å². The van der Waals surface area contributed by atoms with E-state index in [2.05, 4.69) is 15.2 Å². The second kappa shape index (κ2) is 3.30. The van der Waals surface area contributed by atoms with Gasteiger partial charge in [0, 0.05) is 7.05 Å². The molecule has 1 amide bonds. The summed E-state index contributed by atoms with van der Waals surface area (Å²) >= 11 is 0. The third-order valence-corrected chi connectivity index (χ3v) is 2.58. The molecule has 1 saturated carbocycles. The van der Waals surface area contributed by atoms with E-state index in [1.165, 1.54) is 0 Å². The van der Waals surface area contributed by atoms with Crippen LogP contribution >= 0.6 is 0 Å². The Balaban J connectivity index is 1.97. The number of rotatable bonds is 3. The Kier molecular flexibility index (Phi) is 2.22. The van der Waals surface area contributed by atoms with Crippen LogP contribution in [-0.2, 0) is 11.3 Å². The van der Waals surface area contributed by atoms with Gasteiger partial charge in [-0.2, -0.15) is 5.10 Å². The number of nitrogens with two attached hydrogens (primary N) is 1. The summed E-state index contributed by atoms with van der Waals surface area (Å²) in [5.41, 5.74) is 5.20. The average Bonchev–Trinajstić information content (AvgIpc) is 2.80. The molecule has 0 aromatic carbocycles. The molecular formula is C9H15N5O. The minimum Gasteiger partial charge on any atom is -0.337 e. The van der Waals surface area contributed by atoms with Crippen molar-refractivity contribution in [3.63, 3.8) is 0 Å². The molecule has 1 aliphatic carbocycles. The van der Waals surface area contributed by atoms with Crippen molar-refractivity contribution in [1.29, 1.82) is 0 Å². The van der Waals surface area contributed by atoms with E-state index in [0.717, 1.165) is 18.7 Å². The minimum absolute atomic E-state index is 0.0232. The van der Waals surface area contributed by atoms with Gasteiger partial charge in [0.25, 0.3) is 0 Å². The number of carbonyl (C=O) groups excluding carboxylic acids is 1. The second-order valence-corrected chi connectivity index (χ2v) is 4.15. The number of aromatic amines is 1. The Morgan fingerprint density at radius 3 is 2.80 bits per heavy atom. The van der Waals surface area contributed by atoms with Gasteiger partial charge in [0.1, 0.15) is 5.82 Å². The van der Waals surface area contributed by atoms with Crippen LogP contribution in [0, 0.1) is 6.92 Å². The predicted molar refractivity (Wildman–Crippen MR) is 53.7 cm³/mol. The highest BCUT2D eigenvalue weighted by molar-refractivity contribution is 5.88. The molecule has 1 aromatic heterocycles. The molecule has 0 unspecified atom stereocenters. The van der Waals surface area contributed by atoms with Gasteiger partial charge in [-0.3, -0.25) is 9.89 Å². The van der Waals surface area contributed by atoms with Crippen molar-refractivity contribution in [1.82, 2.24) is 20.1 Å². The van der Waals surface area contributed by atoms with E-state index in [1.807, 2.05) is 6.92 Å². The summed E-state index contributed by atoms with van der Waals surface area (Å²) in [6.45, 7) is 2.23. The van der Waals surface area contributed by atoms with Crippen molar-refractivity contribution in [2.24, 2.45) is 5.73 Å². The van der Waals surface area contributed by atoms with Crippen molar-refractivity contribution >= 4 is 5.91 Å². The number of hydrogen-bond donors (Lipinski definition) is 2. The number of carbonyl (C=O) groups is 1. The van der Waals surface area contributed by atoms with E-state index >= 15 is 0 Å². The molecule has 0 spiro atoms. The van der Waals surface area contributed by atoms with Gasteiger partial charge in [0.15, 0.2) is 5.82 Å². The third-order valence-electron chi connectivity index (χ3n) is 2.58. The van der Waals surface area contributed by atoms with Crippen LogP contribution in [0.1, 0.15) is 24.5 Å².